The average molecular weight is 335 g/mol. The van der Waals surface area contributed by atoms with Crippen molar-refractivity contribution in [2.24, 2.45) is 10.9 Å². The predicted molar refractivity (Wildman–Crippen MR) is 97.1 cm³/mol. The van der Waals surface area contributed by atoms with E-state index in [1.807, 2.05) is 0 Å². The fourth-order valence-corrected chi connectivity index (χ4v) is 3.61. The number of amides is 1. The second kappa shape index (κ2) is 8.19. The van der Waals surface area contributed by atoms with Crippen LogP contribution in [0.15, 0.2) is 4.99 Å². The largest absolute Gasteiger partial charge is 0.353 e. The van der Waals surface area contributed by atoms with Gasteiger partial charge in [-0.15, -0.1) is 0 Å². The first-order valence-corrected chi connectivity index (χ1v) is 9.60. The number of nitrogens with zero attached hydrogens (tertiary/aromatic N) is 4. The van der Waals surface area contributed by atoms with Crippen LogP contribution < -0.4 is 5.32 Å². The summed E-state index contributed by atoms with van der Waals surface area (Å²) < 4.78 is 0. The molecule has 2 heterocycles. The minimum Gasteiger partial charge on any atom is -0.353 e. The fraction of sp³-hybridized carbons (Fsp3) is 0.889. The van der Waals surface area contributed by atoms with Crippen molar-refractivity contribution in [2.45, 2.75) is 44.6 Å². The molecule has 1 aliphatic carbocycles. The molecule has 3 rings (SSSR count). The van der Waals surface area contributed by atoms with Gasteiger partial charge in [-0.2, -0.15) is 0 Å². The maximum absolute atomic E-state index is 11.9. The number of hydrogen-bond acceptors (Lipinski definition) is 3. The summed E-state index contributed by atoms with van der Waals surface area (Å²) >= 11 is 0. The van der Waals surface area contributed by atoms with Gasteiger partial charge in [0.15, 0.2) is 5.96 Å². The molecule has 0 bridgehead atoms. The van der Waals surface area contributed by atoms with Gasteiger partial charge in [-0.25, -0.2) is 4.99 Å². The minimum atomic E-state index is 0.0640. The second-order valence-electron chi connectivity index (χ2n) is 7.81. The van der Waals surface area contributed by atoms with Crippen LogP contribution >= 0.6 is 0 Å². The Balaban J connectivity index is 1.52. The number of nitrogens with one attached hydrogen (secondary N) is 1. The summed E-state index contributed by atoms with van der Waals surface area (Å²) in [7, 11) is 3.58. The standard InChI is InChI=1S/C18H33N5O/c1-21(2)17(24)12-19-18(20-16-6-7-16)23-11-8-15(14-23)13-22-9-4-3-5-10-22/h15-16H,3-14H2,1-2H3,(H,19,20). The first-order chi connectivity index (χ1) is 11.6. The Kier molecular flexibility index (Phi) is 5.98. The monoisotopic (exact) mass is 335 g/mol. The molecule has 0 spiro atoms. The van der Waals surface area contributed by atoms with E-state index >= 15 is 0 Å². The highest BCUT2D eigenvalue weighted by atomic mass is 16.2. The van der Waals surface area contributed by atoms with Crippen LogP contribution in [0.4, 0.5) is 0 Å². The fourth-order valence-electron chi connectivity index (χ4n) is 3.61. The summed E-state index contributed by atoms with van der Waals surface area (Å²) in [6.45, 7) is 6.15. The molecular formula is C18H33N5O. The van der Waals surface area contributed by atoms with Crippen LogP contribution in [0, 0.1) is 5.92 Å². The van der Waals surface area contributed by atoms with Crippen molar-refractivity contribution in [1.82, 2.24) is 20.0 Å². The number of carbonyl (C=O) groups is 1. The Morgan fingerprint density at radius 1 is 1.12 bits per heavy atom. The van der Waals surface area contributed by atoms with E-state index in [0.29, 0.717) is 6.04 Å². The van der Waals surface area contributed by atoms with Crippen molar-refractivity contribution in [3.05, 3.63) is 0 Å². The van der Waals surface area contributed by atoms with E-state index in [0.717, 1.165) is 25.0 Å². The smallest absolute Gasteiger partial charge is 0.243 e. The normalized spacial score (nSPS) is 25.8. The summed E-state index contributed by atoms with van der Waals surface area (Å²) in [5.74, 6) is 1.75. The topological polar surface area (TPSA) is 51.2 Å². The maximum Gasteiger partial charge on any atom is 0.243 e. The number of rotatable bonds is 5. The molecular weight excluding hydrogens is 302 g/mol. The zero-order chi connectivity index (χ0) is 16.9. The van der Waals surface area contributed by atoms with E-state index in [-0.39, 0.29) is 12.5 Å². The van der Waals surface area contributed by atoms with Crippen LogP contribution in [0.1, 0.15) is 38.5 Å². The summed E-state index contributed by atoms with van der Waals surface area (Å²) in [4.78, 5) is 23.1. The Bertz CT molecular complexity index is 454. The molecule has 0 aromatic heterocycles. The molecule has 2 aliphatic heterocycles. The van der Waals surface area contributed by atoms with Gasteiger partial charge < -0.3 is 20.0 Å². The van der Waals surface area contributed by atoms with E-state index in [2.05, 4.69) is 20.1 Å². The Hall–Kier alpha value is -1.30. The van der Waals surface area contributed by atoms with Crippen LogP contribution in [-0.4, -0.2) is 86.0 Å². The summed E-state index contributed by atoms with van der Waals surface area (Å²) in [6, 6.07) is 0.569. The molecule has 0 radical (unpaired) electrons. The van der Waals surface area contributed by atoms with Gasteiger partial charge in [0.25, 0.3) is 0 Å². The van der Waals surface area contributed by atoms with Gasteiger partial charge in [-0.3, -0.25) is 4.79 Å². The maximum atomic E-state index is 11.9. The van der Waals surface area contributed by atoms with Crippen LogP contribution in [0.5, 0.6) is 0 Å². The summed E-state index contributed by atoms with van der Waals surface area (Å²) in [5.41, 5.74) is 0. The highest BCUT2D eigenvalue weighted by Crippen LogP contribution is 2.23. The first kappa shape index (κ1) is 17.5. The SMILES string of the molecule is CN(C)C(=O)CN=C(NC1CC1)N1CCC(CN2CCCCC2)C1. The Morgan fingerprint density at radius 2 is 1.88 bits per heavy atom. The summed E-state index contributed by atoms with van der Waals surface area (Å²) in [5, 5.41) is 3.54. The molecule has 2 saturated heterocycles. The van der Waals surface area contributed by atoms with Crippen LogP contribution in [-0.2, 0) is 4.79 Å². The second-order valence-corrected chi connectivity index (χ2v) is 7.81. The zero-order valence-electron chi connectivity index (χ0n) is 15.3. The predicted octanol–water partition coefficient (Wildman–Crippen LogP) is 0.990. The molecule has 0 aromatic rings. The van der Waals surface area contributed by atoms with Crippen LogP contribution in [0.25, 0.3) is 0 Å². The van der Waals surface area contributed by atoms with Crippen molar-refractivity contribution in [3.8, 4) is 0 Å². The van der Waals surface area contributed by atoms with Crippen molar-refractivity contribution in [1.29, 1.82) is 0 Å². The Morgan fingerprint density at radius 3 is 2.54 bits per heavy atom. The highest BCUT2D eigenvalue weighted by molar-refractivity contribution is 5.85. The van der Waals surface area contributed by atoms with Gasteiger partial charge in [0.1, 0.15) is 6.54 Å². The Labute approximate surface area is 146 Å². The van der Waals surface area contributed by atoms with Gasteiger partial charge in [0.05, 0.1) is 0 Å². The molecule has 3 aliphatic rings. The van der Waals surface area contributed by atoms with Crippen molar-refractivity contribution >= 4 is 11.9 Å². The number of likely N-dealkylation sites (tertiary alicyclic amines) is 2. The molecule has 1 saturated carbocycles. The lowest BCUT2D eigenvalue weighted by Gasteiger charge is -2.29. The lowest BCUT2D eigenvalue weighted by molar-refractivity contribution is -0.127. The summed E-state index contributed by atoms with van der Waals surface area (Å²) in [6.07, 6.45) is 7.81. The minimum absolute atomic E-state index is 0.0640. The number of likely N-dealkylation sites (N-methyl/N-ethyl adjacent to an activating group) is 1. The number of hydrogen-bond donors (Lipinski definition) is 1. The third kappa shape index (κ3) is 5.10. The number of aliphatic imine (C=N–C) groups is 1. The van der Waals surface area contributed by atoms with Crippen molar-refractivity contribution in [2.75, 3.05) is 53.4 Å². The van der Waals surface area contributed by atoms with Crippen molar-refractivity contribution in [3.63, 3.8) is 0 Å². The third-order valence-electron chi connectivity index (χ3n) is 5.32. The van der Waals surface area contributed by atoms with Gasteiger partial charge >= 0.3 is 0 Å². The lowest BCUT2D eigenvalue weighted by Crippen LogP contribution is -2.43. The van der Waals surface area contributed by atoms with E-state index in [4.69, 9.17) is 0 Å². The molecule has 1 unspecified atom stereocenters. The lowest BCUT2D eigenvalue weighted by atomic mass is 10.1. The van der Waals surface area contributed by atoms with Gasteiger partial charge in [0.2, 0.25) is 5.91 Å². The number of piperidine rings is 1. The van der Waals surface area contributed by atoms with Gasteiger partial charge in [-0.1, -0.05) is 6.42 Å². The number of carbonyl (C=O) groups excluding carboxylic acids is 1. The van der Waals surface area contributed by atoms with E-state index < -0.39 is 0 Å². The quantitative estimate of drug-likeness (QED) is 0.601. The molecule has 6 heteroatoms. The highest BCUT2D eigenvalue weighted by Gasteiger charge is 2.30. The molecule has 6 nitrogen and oxygen atoms in total. The van der Waals surface area contributed by atoms with E-state index in [1.54, 1.807) is 19.0 Å². The average Bonchev–Trinajstić information content (AvgIpc) is 3.29. The van der Waals surface area contributed by atoms with E-state index in [1.165, 1.54) is 58.2 Å². The molecule has 24 heavy (non-hydrogen) atoms. The first-order valence-electron chi connectivity index (χ1n) is 9.60. The molecule has 1 atom stereocenters. The van der Waals surface area contributed by atoms with Crippen LogP contribution in [0.2, 0.25) is 0 Å². The third-order valence-corrected chi connectivity index (χ3v) is 5.32. The molecule has 136 valence electrons. The van der Waals surface area contributed by atoms with Gasteiger partial charge in [0, 0.05) is 39.8 Å². The van der Waals surface area contributed by atoms with Crippen LogP contribution in [0.3, 0.4) is 0 Å². The van der Waals surface area contributed by atoms with E-state index in [9.17, 15) is 4.79 Å². The molecule has 3 fully saturated rings. The molecule has 1 N–H and O–H groups in total. The van der Waals surface area contributed by atoms with Crippen molar-refractivity contribution < 1.29 is 4.79 Å². The molecule has 0 aromatic carbocycles. The number of guanidine groups is 1. The van der Waals surface area contributed by atoms with Gasteiger partial charge in [-0.05, 0) is 51.1 Å². The molecule has 1 amide bonds. The zero-order valence-corrected chi connectivity index (χ0v) is 15.3.